The normalized spacial score (nSPS) is 15.3. The fourth-order valence-electron chi connectivity index (χ4n) is 4.31. The molecule has 5 rings (SSSR count). The molecule has 1 aliphatic rings. The Morgan fingerprint density at radius 2 is 1.87 bits per heavy atom. The van der Waals surface area contributed by atoms with Crippen molar-refractivity contribution in [2.45, 2.75) is 18.9 Å². The van der Waals surface area contributed by atoms with Crippen LogP contribution in [0.3, 0.4) is 0 Å². The van der Waals surface area contributed by atoms with Gasteiger partial charge in [-0.15, -0.1) is 0 Å². The Labute approximate surface area is 182 Å². The van der Waals surface area contributed by atoms with Gasteiger partial charge >= 0.3 is 0 Å². The molecule has 0 spiro atoms. The van der Waals surface area contributed by atoms with Crippen molar-refractivity contribution in [1.82, 2.24) is 19.7 Å². The lowest BCUT2D eigenvalue weighted by Gasteiger charge is -2.28. The minimum Gasteiger partial charge on any atom is -0.495 e. The minimum atomic E-state index is 0.476. The summed E-state index contributed by atoms with van der Waals surface area (Å²) in [7, 11) is 3.86. The van der Waals surface area contributed by atoms with Crippen LogP contribution in [0.5, 0.6) is 5.75 Å². The number of benzene rings is 2. The first-order chi connectivity index (χ1) is 15.2. The number of hydrogen-bond donors (Lipinski definition) is 1. The predicted molar refractivity (Wildman–Crippen MR) is 125 cm³/mol. The van der Waals surface area contributed by atoms with Crippen LogP contribution in [-0.4, -0.2) is 46.9 Å². The molecule has 1 fully saturated rings. The Bertz CT molecular complexity index is 1190. The standard InChI is InChI=1S/C25H27N5O/c1-29-12-10-20(11-13-29)30-17-19(16-27-30)21-7-5-6-18-15-26-25(14-22(18)21)28-23-8-3-4-9-24(23)31-2/h3-9,14-17,20H,10-13H2,1-2H3,(H,26,28). The number of rotatable bonds is 5. The molecule has 2 aromatic carbocycles. The van der Waals surface area contributed by atoms with E-state index in [0.29, 0.717) is 6.04 Å². The second kappa shape index (κ2) is 8.40. The summed E-state index contributed by atoms with van der Waals surface area (Å²) in [5.41, 5.74) is 3.20. The van der Waals surface area contributed by atoms with Crippen LogP contribution >= 0.6 is 0 Å². The van der Waals surface area contributed by atoms with Gasteiger partial charge in [-0.05, 0) is 62.1 Å². The minimum absolute atomic E-state index is 0.476. The van der Waals surface area contributed by atoms with Crippen LogP contribution < -0.4 is 10.1 Å². The van der Waals surface area contributed by atoms with E-state index < -0.39 is 0 Å². The van der Waals surface area contributed by atoms with Crippen molar-refractivity contribution in [1.29, 1.82) is 0 Å². The van der Waals surface area contributed by atoms with Crippen LogP contribution in [0.2, 0.25) is 0 Å². The van der Waals surface area contributed by atoms with Gasteiger partial charge in [-0.1, -0.05) is 30.3 Å². The zero-order valence-electron chi connectivity index (χ0n) is 18.0. The van der Waals surface area contributed by atoms with E-state index in [-0.39, 0.29) is 0 Å². The van der Waals surface area contributed by atoms with E-state index in [1.165, 1.54) is 5.56 Å². The highest BCUT2D eigenvalue weighted by molar-refractivity contribution is 5.97. The molecule has 0 aliphatic carbocycles. The van der Waals surface area contributed by atoms with Crippen molar-refractivity contribution in [2.75, 3.05) is 32.6 Å². The molecule has 4 aromatic rings. The zero-order valence-corrected chi connectivity index (χ0v) is 18.0. The summed E-state index contributed by atoms with van der Waals surface area (Å²) in [5, 5.41) is 10.4. The van der Waals surface area contributed by atoms with E-state index in [1.807, 2.05) is 36.7 Å². The number of aromatic nitrogens is 3. The van der Waals surface area contributed by atoms with Gasteiger partial charge in [-0.2, -0.15) is 5.10 Å². The molecule has 3 heterocycles. The number of pyridine rings is 1. The molecule has 6 heteroatoms. The molecule has 0 amide bonds. The molecule has 158 valence electrons. The molecule has 1 N–H and O–H groups in total. The van der Waals surface area contributed by atoms with Crippen molar-refractivity contribution >= 4 is 22.3 Å². The third-order valence-corrected chi connectivity index (χ3v) is 6.11. The highest BCUT2D eigenvalue weighted by atomic mass is 16.5. The highest BCUT2D eigenvalue weighted by Gasteiger charge is 2.19. The topological polar surface area (TPSA) is 55.2 Å². The highest BCUT2D eigenvalue weighted by Crippen LogP contribution is 2.33. The van der Waals surface area contributed by atoms with Crippen LogP contribution in [0, 0.1) is 0 Å². The molecule has 0 bridgehead atoms. The molecule has 0 saturated carbocycles. The van der Waals surface area contributed by atoms with Crippen LogP contribution in [-0.2, 0) is 0 Å². The number of para-hydroxylation sites is 2. The Hall–Kier alpha value is -3.38. The number of piperidine rings is 1. The monoisotopic (exact) mass is 413 g/mol. The van der Waals surface area contributed by atoms with E-state index in [1.54, 1.807) is 7.11 Å². The number of likely N-dealkylation sites (tertiary alicyclic amines) is 1. The average molecular weight is 414 g/mol. The van der Waals surface area contributed by atoms with Gasteiger partial charge in [0.15, 0.2) is 0 Å². The number of ether oxygens (including phenoxy) is 1. The number of hydrogen-bond acceptors (Lipinski definition) is 5. The third-order valence-electron chi connectivity index (χ3n) is 6.11. The largest absolute Gasteiger partial charge is 0.495 e. The summed E-state index contributed by atoms with van der Waals surface area (Å²) in [5.74, 6) is 1.57. The van der Waals surface area contributed by atoms with E-state index in [9.17, 15) is 0 Å². The van der Waals surface area contributed by atoms with Crippen LogP contribution in [0.15, 0.2) is 67.1 Å². The Morgan fingerprint density at radius 1 is 1.03 bits per heavy atom. The van der Waals surface area contributed by atoms with E-state index >= 15 is 0 Å². The number of nitrogens with one attached hydrogen (secondary N) is 1. The molecular formula is C25H27N5O. The lowest BCUT2D eigenvalue weighted by Crippen LogP contribution is -2.31. The van der Waals surface area contributed by atoms with Crippen LogP contribution in [0.25, 0.3) is 21.9 Å². The van der Waals surface area contributed by atoms with Crippen molar-refractivity contribution in [2.24, 2.45) is 0 Å². The quantitative estimate of drug-likeness (QED) is 0.492. The molecule has 0 radical (unpaired) electrons. The first-order valence-corrected chi connectivity index (χ1v) is 10.7. The van der Waals surface area contributed by atoms with Gasteiger partial charge in [0.2, 0.25) is 0 Å². The van der Waals surface area contributed by atoms with Gasteiger partial charge in [-0.25, -0.2) is 4.98 Å². The Morgan fingerprint density at radius 3 is 2.71 bits per heavy atom. The molecule has 1 saturated heterocycles. The van der Waals surface area contributed by atoms with Gasteiger partial charge in [0.05, 0.1) is 25.0 Å². The van der Waals surface area contributed by atoms with Crippen molar-refractivity contribution < 1.29 is 4.74 Å². The smallest absolute Gasteiger partial charge is 0.142 e. The van der Waals surface area contributed by atoms with Gasteiger partial charge in [-0.3, -0.25) is 4.68 Å². The van der Waals surface area contributed by atoms with Crippen LogP contribution in [0.4, 0.5) is 11.5 Å². The fourth-order valence-corrected chi connectivity index (χ4v) is 4.31. The average Bonchev–Trinajstić information content (AvgIpc) is 3.29. The molecule has 0 unspecified atom stereocenters. The molecule has 1 aliphatic heterocycles. The molecule has 2 aromatic heterocycles. The van der Waals surface area contributed by atoms with E-state index in [0.717, 1.165) is 59.5 Å². The second-order valence-electron chi connectivity index (χ2n) is 8.17. The van der Waals surface area contributed by atoms with Gasteiger partial charge in [0.1, 0.15) is 11.6 Å². The van der Waals surface area contributed by atoms with Crippen molar-refractivity contribution in [3.63, 3.8) is 0 Å². The SMILES string of the molecule is COc1ccccc1Nc1cc2c(-c3cnn(C4CCN(C)CC4)c3)cccc2cn1. The van der Waals surface area contributed by atoms with Crippen LogP contribution in [0.1, 0.15) is 18.9 Å². The first kappa shape index (κ1) is 19.6. The maximum absolute atomic E-state index is 5.46. The Kier molecular flexibility index (Phi) is 5.30. The van der Waals surface area contributed by atoms with Gasteiger partial charge in [0, 0.05) is 23.3 Å². The maximum Gasteiger partial charge on any atom is 0.142 e. The molecule has 6 nitrogen and oxygen atoms in total. The summed E-state index contributed by atoms with van der Waals surface area (Å²) in [6.45, 7) is 2.25. The van der Waals surface area contributed by atoms with Crippen molar-refractivity contribution in [3.8, 4) is 16.9 Å². The van der Waals surface area contributed by atoms with E-state index in [4.69, 9.17) is 9.84 Å². The number of nitrogens with zero attached hydrogens (tertiary/aromatic N) is 4. The lowest BCUT2D eigenvalue weighted by molar-refractivity contribution is 0.212. The maximum atomic E-state index is 5.46. The zero-order chi connectivity index (χ0) is 21.2. The summed E-state index contributed by atoms with van der Waals surface area (Å²) < 4.78 is 7.61. The molecule has 31 heavy (non-hydrogen) atoms. The van der Waals surface area contributed by atoms with Crippen molar-refractivity contribution in [3.05, 3.63) is 67.1 Å². The lowest BCUT2D eigenvalue weighted by atomic mass is 10.0. The number of anilines is 2. The molecule has 0 atom stereocenters. The van der Waals surface area contributed by atoms with Gasteiger partial charge < -0.3 is 15.0 Å². The Balaban J connectivity index is 1.47. The fraction of sp³-hybridized carbons (Fsp3) is 0.280. The number of fused-ring (bicyclic) bond motifs is 1. The summed E-state index contributed by atoms with van der Waals surface area (Å²) in [6, 6.07) is 16.8. The first-order valence-electron chi connectivity index (χ1n) is 10.7. The predicted octanol–water partition coefficient (Wildman–Crippen LogP) is 5.12. The summed E-state index contributed by atoms with van der Waals surface area (Å²) >= 11 is 0. The van der Waals surface area contributed by atoms with E-state index in [2.05, 4.69) is 57.4 Å². The summed E-state index contributed by atoms with van der Waals surface area (Å²) in [4.78, 5) is 6.99. The summed E-state index contributed by atoms with van der Waals surface area (Å²) in [6.07, 6.45) is 8.38. The second-order valence-corrected chi connectivity index (χ2v) is 8.17. The number of methoxy groups -OCH3 is 1. The third kappa shape index (κ3) is 3.99. The molecular weight excluding hydrogens is 386 g/mol. The van der Waals surface area contributed by atoms with Gasteiger partial charge in [0.25, 0.3) is 0 Å².